The van der Waals surface area contributed by atoms with Crippen LogP contribution in [-0.2, 0) is 4.74 Å². The molecule has 1 atom stereocenters. The fourth-order valence-corrected chi connectivity index (χ4v) is 3.94. The molecule has 118 valence electrons. The lowest BCUT2D eigenvalue weighted by molar-refractivity contribution is -0.0280. The predicted molar refractivity (Wildman–Crippen MR) is 91.5 cm³/mol. The fourth-order valence-electron chi connectivity index (χ4n) is 2.41. The zero-order valence-electron chi connectivity index (χ0n) is 11.7. The Morgan fingerprint density at radius 3 is 2.95 bits per heavy atom. The summed E-state index contributed by atoms with van der Waals surface area (Å²) >= 11 is 11.0. The maximum atomic E-state index is 9.56. The van der Waals surface area contributed by atoms with Gasteiger partial charge in [0.1, 0.15) is 11.4 Å². The van der Waals surface area contributed by atoms with E-state index in [0.29, 0.717) is 19.0 Å². The van der Waals surface area contributed by atoms with Crippen LogP contribution < -0.4 is 5.32 Å². The van der Waals surface area contributed by atoms with Crippen molar-refractivity contribution in [1.82, 2.24) is 9.97 Å². The lowest BCUT2D eigenvalue weighted by Crippen LogP contribution is -2.40. The highest BCUT2D eigenvalue weighted by atomic mass is 79.9. The van der Waals surface area contributed by atoms with E-state index < -0.39 is 5.60 Å². The third-order valence-electron chi connectivity index (χ3n) is 3.59. The summed E-state index contributed by atoms with van der Waals surface area (Å²) in [5.41, 5.74) is 0.243. The van der Waals surface area contributed by atoms with E-state index in [9.17, 15) is 5.11 Å². The maximum Gasteiger partial charge on any atom is 0.224 e. The van der Waals surface area contributed by atoms with E-state index in [1.54, 1.807) is 11.3 Å². The van der Waals surface area contributed by atoms with Crippen molar-refractivity contribution in [3.05, 3.63) is 27.3 Å². The van der Waals surface area contributed by atoms with Crippen LogP contribution in [0.4, 0.5) is 5.82 Å². The van der Waals surface area contributed by atoms with E-state index >= 15 is 0 Å². The fraction of sp³-hybridized carbons (Fsp3) is 0.429. The number of anilines is 1. The van der Waals surface area contributed by atoms with Crippen LogP contribution in [0, 0.1) is 0 Å². The van der Waals surface area contributed by atoms with Gasteiger partial charge in [0.05, 0.1) is 21.0 Å². The SMILES string of the molecule is OCC1(CNc2cc(-c3ccc(Br)s3)nc(Cl)n2)CCCO1. The summed E-state index contributed by atoms with van der Waals surface area (Å²) in [6.07, 6.45) is 1.79. The number of nitrogens with one attached hydrogen (secondary N) is 1. The summed E-state index contributed by atoms with van der Waals surface area (Å²) in [6, 6.07) is 5.80. The average molecular weight is 405 g/mol. The molecule has 2 aromatic rings. The summed E-state index contributed by atoms with van der Waals surface area (Å²) in [6.45, 7) is 1.16. The molecule has 2 aromatic heterocycles. The summed E-state index contributed by atoms with van der Waals surface area (Å²) in [5.74, 6) is 0.628. The van der Waals surface area contributed by atoms with Gasteiger partial charge >= 0.3 is 0 Å². The van der Waals surface area contributed by atoms with Crippen molar-refractivity contribution in [3.8, 4) is 10.6 Å². The molecule has 22 heavy (non-hydrogen) atoms. The Morgan fingerprint density at radius 2 is 2.32 bits per heavy atom. The molecule has 1 saturated heterocycles. The number of ether oxygens (including phenoxy) is 1. The van der Waals surface area contributed by atoms with E-state index in [2.05, 4.69) is 31.2 Å². The van der Waals surface area contributed by atoms with Gasteiger partial charge in [0.2, 0.25) is 5.28 Å². The molecule has 1 fully saturated rings. The van der Waals surface area contributed by atoms with Gasteiger partial charge in [0, 0.05) is 19.2 Å². The van der Waals surface area contributed by atoms with Gasteiger partial charge in [-0.15, -0.1) is 11.3 Å². The van der Waals surface area contributed by atoms with Crippen LogP contribution in [0.2, 0.25) is 5.28 Å². The Bertz CT molecular complexity index is 661. The second-order valence-electron chi connectivity index (χ2n) is 5.16. The van der Waals surface area contributed by atoms with Crippen LogP contribution in [0.25, 0.3) is 10.6 Å². The lowest BCUT2D eigenvalue weighted by atomic mass is 10.0. The molecule has 5 nitrogen and oxygen atoms in total. The Labute approximate surface area is 145 Å². The molecule has 0 amide bonds. The van der Waals surface area contributed by atoms with Crippen molar-refractivity contribution >= 4 is 44.7 Å². The minimum absolute atomic E-state index is 0.0104. The first-order valence-electron chi connectivity index (χ1n) is 6.89. The zero-order chi connectivity index (χ0) is 15.6. The van der Waals surface area contributed by atoms with Crippen LogP contribution in [0.15, 0.2) is 22.0 Å². The first-order chi connectivity index (χ1) is 10.6. The first-order valence-corrected chi connectivity index (χ1v) is 8.88. The average Bonchev–Trinajstić information content (AvgIpc) is 3.14. The number of halogens is 2. The van der Waals surface area contributed by atoms with Gasteiger partial charge in [0.15, 0.2) is 0 Å². The quantitative estimate of drug-likeness (QED) is 0.746. The molecule has 8 heteroatoms. The number of aliphatic hydroxyl groups excluding tert-OH is 1. The molecular weight excluding hydrogens is 390 g/mol. The summed E-state index contributed by atoms with van der Waals surface area (Å²) in [7, 11) is 0. The van der Waals surface area contributed by atoms with Crippen LogP contribution in [0.3, 0.4) is 0 Å². The summed E-state index contributed by atoms with van der Waals surface area (Å²) < 4.78 is 6.70. The molecule has 1 aliphatic heterocycles. The largest absolute Gasteiger partial charge is 0.393 e. The van der Waals surface area contributed by atoms with Crippen molar-refractivity contribution in [1.29, 1.82) is 0 Å². The Hall–Kier alpha value is -0.730. The van der Waals surface area contributed by atoms with Crippen molar-refractivity contribution in [2.45, 2.75) is 18.4 Å². The van der Waals surface area contributed by atoms with Gasteiger partial charge in [-0.25, -0.2) is 9.97 Å². The van der Waals surface area contributed by atoms with Crippen molar-refractivity contribution in [2.24, 2.45) is 0 Å². The normalized spacial score (nSPS) is 21.2. The molecule has 1 aliphatic rings. The molecular formula is C14H15BrClN3O2S. The molecule has 0 spiro atoms. The van der Waals surface area contributed by atoms with Crippen molar-refractivity contribution in [2.75, 3.05) is 25.1 Å². The Balaban J connectivity index is 1.78. The lowest BCUT2D eigenvalue weighted by Gasteiger charge is -2.26. The van der Waals surface area contributed by atoms with Crippen LogP contribution in [0.1, 0.15) is 12.8 Å². The van der Waals surface area contributed by atoms with E-state index in [4.69, 9.17) is 16.3 Å². The molecule has 0 aliphatic carbocycles. The first kappa shape index (κ1) is 16.1. The molecule has 0 bridgehead atoms. The summed E-state index contributed by atoms with van der Waals surface area (Å²) in [5, 5.41) is 13.0. The topological polar surface area (TPSA) is 67.3 Å². The number of rotatable bonds is 5. The minimum atomic E-state index is -0.524. The molecule has 1 unspecified atom stereocenters. The third kappa shape index (κ3) is 3.60. The predicted octanol–water partition coefficient (Wildman–Crippen LogP) is 3.57. The second kappa shape index (κ2) is 6.80. The van der Waals surface area contributed by atoms with E-state index in [1.165, 1.54) is 0 Å². The van der Waals surface area contributed by atoms with E-state index in [0.717, 1.165) is 27.2 Å². The monoisotopic (exact) mass is 403 g/mol. The van der Waals surface area contributed by atoms with Crippen LogP contribution >= 0.6 is 38.9 Å². The highest BCUT2D eigenvalue weighted by Crippen LogP contribution is 2.32. The molecule has 2 N–H and O–H groups in total. The molecule has 0 aromatic carbocycles. The Kier molecular flexibility index (Phi) is 4.99. The standard InChI is InChI=1S/C14H15BrClN3O2S/c15-11-3-2-10(22-11)9-6-12(19-13(16)18-9)17-7-14(8-20)4-1-5-21-14/h2-3,6,20H,1,4-5,7-8H2,(H,17,18,19). The van der Waals surface area contributed by atoms with E-state index in [-0.39, 0.29) is 11.9 Å². The van der Waals surface area contributed by atoms with Gasteiger partial charge in [0.25, 0.3) is 0 Å². The third-order valence-corrected chi connectivity index (χ3v) is 5.40. The van der Waals surface area contributed by atoms with Crippen LogP contribution in [0.5, 0.6) is 0 Å². The highest BCUT2D eigenvalue weighted by molar-refractivity contribution is 9.11. The summed E-state index contributed by atoms with van der Waals surface area (Å²) in [4.78, 5) is 9.46. The molecule has 3 rings (SSSR count). The van der Waals surface area contributed by atoms with Crippen molar-refractivity contribution < 1.29 is 9.84 Å². The highest BCUT2D eigenvalue weighted by Gasteiger charge is 2.34. The maximum absolute atomic E-state index is 9.56. The van der Waals surface area contributed by atoms with Gasteiger partial charge in [-0.3, -0.25) is 0 Å². The number of thiophene rings is 1. The van der Waals surface area contributed by atoms with Crippen molar-refractivity contribution in [3.63, 3.8) is 0 Å². The number of aromatic nitrogens is 2. The van der Waals surface area contributed by atoms with Gasteiger partial charge in [-0.1, -0.05) is 0 Å². The Morgan fingerprint density at radius 1 is 1.45 bits per heavy atom. The smallest absolute Gasteiger partial charge is 0.224 e. The minimum Gasteiger partial charge on any atom is -0.393 e. The van der Waals surface area contributed by atoms with Crippen LogP contribution in [-0.4, -0.2) is 40.4 Å². The molecule has 0 saturated carbocycles. The molecule has 0 radical (unpaired) electrons. The number of nitrogens with zero attached hydrogens (tertiary/aromatic N) is 2. The van der Waals surface area contributed by atoms with Gasteiger partial charge in [-0.05, 0) is 52.5 Å². The number of hydrogen-bond donors (Lipinski definition) is 2. The second-order valence-corrected chi connectivity index (χ2v) is 7.96. The number of hydrogen-bond acceptors (Lipinski definition) is 6. The van der Waals surface area contributed by atoms with Gasteiger partial charge < -0.3 is 15.2 Å². The molecule has 3 heterocycles. The zero-order valence-corrected chi connectivity index (χ0v) is 14.8. The van der Waals surface area contributed by atoms with E-state index in [1.807, 2.05) is 18.2 Å². The number of aliphatic hydroxyl groups is 1. The van der Waals surface area contributed by atoms with Gasteiger partial charge in [-0.2, -0.15) is 0 Å².